The van der Waals surface area contributed by atoms with Crippen LogP contribution in [0.3, 0.4) is 0 Å². The first kappa shape index (κ1) is 13.6. The van der Waals surface area contributed by atoms with Crippen molar-refractivity contribution in [2.45, 2.75) is 6.42 Å². The molecule has 0 radical (unpaired) electrons. The molecule has 0 unspecified atom stereocenters. The molecule has 0 saturated carbocycles. The highest BCUT2D eigenvalue weighted by Crippen LogP contribution is 2.28. The Morgan fingerprint density at radius 3 is 2.95 bits per heavy atom. The Morgan fingerprint density at radius 2 is 2.10 bits per heavy atom. The number of para-hydroxylation sites is 1. The smallest absolute Gasteiger partial charge is 0.178 e. The van der Waals surface area contributed by atoms with Crippen LogP contribution in [0.15, 0.2) is 42.6 Å². The zero-order valence-corrected chi connectivity index (χ0v) is 12.0. The fourth-order valence-corrected chi connectivity index (χ4v) is 2.19. The predicted octanol–water partition coefficient (Wildman–Crippen LogP) is 2.61. The average molecular weight is 282 g/mol. The van der Waals surface area contributed by atoms with Gasteiger partial charge in [0, 0.05) is 6.20 Å². The Balaban J connectivity index is 1.87. The summed E-state index contributed by atoms with van der Waals surface area (Å²) in [5.41, 5.74) is 2.61. The first-order valence-electron chi connectivity index (χ1n) is 7.06. The van der Waals surface area contributed by atoms with Gasteiger partial charge in [0.05, 0.1) is 17.7 Å². The number of pyridine rings is 1. The van der Waals surface area contributed by atoms with Crippen molar-refractivity contribution in [2.24, 2.45) is 0 Å². The summed E-state index contributed by atoms with van der Waals surface area (Å²) in [7, 11) is 1.94. The van der Waals surface area contributed by atoms with E-state index in [0.29, 0.717) is 6.61 Å². The lowest BCUT2D eigenvalue weighted by molar-refractivity contribution is 0.311. The fourth-order valence-electron chi connectivity index (χ4n) is 2.19. The van der Waals surface area contributed by atoms with E-state index in [0.717, 1.165) is 41.3 Å². The van der Waals surface area contributed by atoms with Gasteiger partial charge in [-0.15, -0.1) is 0 Å². The van der Waals surface area contributed by atoms with Crippen LogP contribution in [0.2, 0.25) is 0 Å². The Kier molecular flexibility index (Phi) is 4.12. The van der Waals surface area contributed by atoms with Crippen LogP contribution in [0.5, 0.6) is 5.75 Å². The van der Waals surface area contributed by atoms with Gasteiger partial charge >= 0.3 is 0 Å². The van der Waals surface area contributed by atoms with E-state index >= 15 is 0 Å². The standard InChI is InChI=1S/C16H18N4O/c1-17-9-5-11-21-14-8-3-2-6-12(14)15-19-13-7-4-10-18-16(13)20-15/h2-4,6-8,10,17H,5,9,11H2,1H3,(H,18,19,20). The van der Waals surface area contributed by atoms with Gasteiger partial charge in [-0.2, -0.15) is 0 Å². The number of aromatic nitrogens is 3. The molecule has 21 heavy (non-hydrogen) atoms. The van der Waals surface area contributed by atoms with Crippen LogP contribution in [0.1, 0.15) is 6.42 Å². The summed E-state index contributed by atoms with van der Waals surface area (Å²) in [4.78, 5) is 12.1. The summed E-state index contributed by atoms with van der Waals surface area (Å²) in [5, 5.41) is 3.11. The van der Waals surface area contributed by atoms with Gasteiger partial charge in [0.25, 0.3) is 0 Å². The fraction of sp³-hybridized carbons (Fsp3) is 0.250. The first-order chi connectivity index (χ1) is 10.4. The molecular formula is C16H18N4O. The number of imidazole rings is 1. The van der Waals surface area contributed by atoms with Gasteiger partial charge in [-0.1, -0.05) is 12.1 Å². The minimum atomic E-state index is 0.677. The van der Waals surface area contributed by atoms with E-state index in [9.17, 15) is 0 Å². The van der Waals surface area contributed by atoms with Gasteiger partial charge < -0.3 is 15.0 Å². The number of nitrogens with zero attached hydrogens (tertiary/aromatic N) is 2. The van der Waals surface area contributed by atoms with Gasteiger partial charge in [0.15, 0.2) is 5.65 Å². The molecule has 5 nitrogen and oxygen atoms in total. The summed E-state index contributed by atoms with van der Waals surface area (Å²) in [6.07, 6.45) is 2.71. The third kappa shape index (κ3) is 3.03. The maximum atomic E-state index is 5.87. The summed E-state index contributed by atoms with van der Waals surface area (Å²) < 4.78 is 5.87. The maximum Gasteiger partial charge on any atom is 0.178 e. The number of aromatic amines is 1. The SMILES string of the molecule is CNCCCOc1ccccc1-c1nc2ncccc2[nH]1. The van der Waals surface area contributed by atoms with Crippen LogP contribution in [-0.2, 0) is 0 Å². The molecule has 2 aromatic heterocycles. The van der Waals surface area contributed by atoms with Crippen molar-refractivity contribution in [1.82, 2.24) is 20.3 Å². The number of rotatable bonds is 6. The normalized spacial score (nSPS) is 10.9. The van der Waals surface area contributed by atoms with Crippen molar-refractivity contribution in [2.75, 3.05) is 20.2 Å². The lowest BCUT2D eigenvalue weighted by Gasteiger charge is -2.09. The van der Waals surface area contributed by atoms with Gasteiger partial charge in [-0.3, -0.25) is 0 Å². The third-order valence-electron chi connectivity index (χ3n) is 3.23. The van der Waals surface area contributed by atoms with Crippen molar-refractivity contribution >= 4 is 11.2 Å². The summed E-state index contributed by atoms with van der Waals surface area (Å²) in [6.45, 7) is 1.62. The Bertz CT molecular complexity index is 690. The molecule has 0 atom stereocenters. The highest BCUT2D eigenvalue weighted by Gasteiger charge is 2.10. The van der Waals surface area contributed by atoms with E-state index in [1.54, 1.807) is 6.20 Å². The molecule has 1 aromatic carbocycles. The number of benzene rings is 1. The van der Waals surface area contributed by atoms with E-state index < -0.39 is 0 Å². The molecule has 0 spiro atoms. The molecule has 0 amide bonds. The highest BCUT2D eigenvalue weighted by atomic mass is 16.5. The molecule has 0 aliphatic rings. The quantitative estimate of drug-likeness (QED) is 0.682. The number of nitrogens with one attached hydrogen (secondary N) is 2. The van der Waals surface area contributed by atoms with E-state index in [-0.39, 0.29) is 0 Å². The monoisotopic (exact) mass is 282 g/mol. The summed E-state index contributed by atoms with van der Waals surface area (Å²) in [5.74, 6) is 1.63. The van der Waals surface area contributed by atoms with Gasteiger partial charge in [-0.05, 0) is 44.3 Å². The van der Waals surface area contributed by atoms with Gasteiger partial charge in [0.2, 0.25) is 0 Å². The zero-order valence-electron chi connectivity index (χ0n) is 12.0. The Hall–Kier alpha value is -2.40. The molecule has 108 valence electrons. The minimum Gasteiger partial charge on any atom is -0.493 e. The number of fused-ring (bicyclic) bond motifs is 1. The molecule has 3 rings (SSSR count). The zero-order chi connectivity index (χ0) is 14.5. The van der Waals surface area contributed by atoms with Crippen molar-refractivity contribution in [3.8, 4) is 17.1 Å². The molecule has 2 heterocycles. The van der Waals surface area contributed by atoms with Crippen molar-refractivity contribution < 1.29 is 4.74 Å². The second-order valence-electron chi connectivity index (χ2n) is 4.76. The Morgan fingerprint density at radius 1 is 1.19 bits per heavy atom. The van der Waals surface area contributed by atoms with Crippen LogP contribution in [-0.4, -0.2) is 35.2 Å². The average Bonchev–Trinajstić information content (AvgIpc) is 2.96. The molecule has 0 saturated heterocycles. The minimum absolute atomic E-state index is 0.677. The number of hydrogen-bond donors (Lipinski definition) is 2. The first-order valence-corrected chi connectivity index (χ1v) is 7.06. The van der Waals surface area contributed by atoms with Crippen LogP contribution in [0, 0.1) is 0 Å². The third-order valence-corrected chi connectivity index (χ3v) is 3.23. The van der Waals surface area contributed by atoms with E-state index in [1.165, 1.54) is 0 Å². The lowest BCUT2D eigenvalue weighted by atomic mass is 10.2. The largest absolute Gasteiger partial charge is 0.493 e. The van der Waals surface area contributed by atoms with Gasteiger partial charge in [0.1, 0.15) is 11.6 Å². The van der Waals surface area contributed by atoms with E-state index in [4.69, 9.17) is 4.74 Å². The van der Waals surface area contributed by atoms with E-state index in [2.05, 4.69) is 20.3 Å². The van der Waals surface area contributed by atoms with Crippen molar-refractivity contribution in [1.29, 1.82) is 0 Å². The molecule has 0 aliphatic heterocycles. The number of H-pyrrole nitrogens is 1. The van der Waals surface area contributed by atoms with Crippen molar-refractivity contribution in [3.63, 3.8) is 0 Å². The Labute approximate surface area is 123 Å². The van der Waals surface area contributed by atoms with Crippen LogP contribution < -0.4 is 10.1 Å². The molecular weight excluding hydrogens is 264 g/mol. The molecule has 5 heteroatoms. The van der Waals surface area contributed by atoms with Crippen LogP contribution in [0.25, 0.3) is 22.6 Å². The molecule has 0 fully saturated rings. The molecule has 0 bridgehead atoms. The van der Waals surface area contributed by atoms with Crippen LogP contribution >= 0.6 is 0 Å². The predicted molar refractivity (Wildman–Crippen MR) is 83.4 cm³/mol. The summed E-state index contributed by atoms with van der Waals surface area (Å²) >= 11 is 0. The lowest BCUT2D eigenvalue weighted by Crippen LogP contribution is -2.11. The maximum absolute atomic E-state index is 5.87. The summed E-state index contributed by atoms with van der Waals surface area (Å²) in [6, 6.07) is 11.8. The van der Waals surface area contributed by atoms with Gasteiger partial charge in [-0.25, -0.2) is 9.97 Å². The molecule has 0 aliphatic carbocycles. The molecule has 3 aromatic rings. The van der Waals surface area contributed by atoms with Crippen molar-refractivity contribution in [3.05, 3.63) is 42.6 Å². The second kappa shape index (κ2) is 6.37. The van der Waals surface area contributed by atoms with Crippen LogP contribution in [0.4, 0.5) is 0 Å². The molecule has 2 N–H and O–H groups in total. The second-order valence-corrected chi connectivity index (χ2v) is 4.76. The number of hydrogen-bond acceptors (Lipinski definition) is 4. The van der Waals surface area contributed by atoms with E-state index in [1.807, 2.05) is 43.4 Å². The highest BCUT2D eigenvalue weighted by molar-refractivity contribution is 5.77. The number of ether oxygens (including phenoxy) is 1. The topological polar surface area (TPSA) is 62.8 Å².